The molecule has 0 aliphatic carbocycles. The molecule has 0 aromatic carbocycles. The van der Waals surface area contributed by atoms with Crippen molar-refractivity contribution < 1.29 is 187 Å². The Morgan fingerprint density at radius 3 is 0.288 bits per heavy atom. The minimum Gasteiger partial charge on any atom is -0.550 e. The molecular formula is C36H75Fe4N9O24. The van der Waals surface area contributed by atoms with Crippen molar-refractivity contribution in [1.29, 1.82) is 0 Å². The SMILES string of the molecule is CC(=O)[O-].CC(=O)[O-].CC(=O)[O-].CC(=O)[O-].CC(=O)[O-].CC(=O)[O-].CC(=O)[O-].CC(=O)[O-].CC(=O)[O-].CC(=O)[O-].CC(=O)[O-].CC(=O)[O-].NCCNCCN.NCCNCCN.NCCNCCN.[Fe+3].[Fe+3].[Fe+3].[Fe+3]. The van der Waals surface area contributed by atoms with Gasteiger partial charge in [-0.15, -0.1) is 0 Å². The van der Waals surface area contributed by atoms with Gasteiger partial charge in [0.05, 0.1) is 0 Å². The summed E-state index contributed by atoms with van der Waals surface area (Å²) < 4.78 is 0. The van der Waals surface area contributed by atoms with Crippen LogP contribution in [0.2, 0.25) is 0 Å². The zero-order chi connectivity index (χ0) is 59.5. The Morgan fingerprint density at radius 1 is 0.219 bits per heavy atom. The molecule has 0 unspecified atom stereocenters. The van der Waals surface area contributed by atoms with Gasteiger partial charge < -0.3 is 169 Å². The van der Waals surface area contributed by atoms with Crippen molar-refractivity contribution in [3.63, 3.8) is 0 Å². The summed E-state index contributed by atoms with van der Waals surface area (Å²) in [5.74, 6) is -13.0. The Hall–Kier alpha value is -4.64. The van der Waals surface area contributed by atoms with E-state index in [0.717, 1.165) is 122 Å². The Labute approximate surface area is 468 Å². The summed E-state index contributed by atoms with van der Waals surface area (Å²) in [6.45, 7) is 21.1. The second-order valence-corrected chi connectivity index (χ2v) is 9.88. The van der Waals surface area contributed by atoms with Crippen LogP contribution >= 0.6 is 0 Å². The van der Waals surface area contributed by atoms with Crippen molar-refractivity contribution in [2.45, 2.75) is 83.1 Å². The summed E-state index contributed by atoms with van der Waals surface area (Å²) in [4.78, 5) is 107. The van der Waals surface area contributed by atoms with Crippen LogP contribution in [0.5, 0.6) is 0 Å². The van der Waals surface area contributed by atoms with E-state index in [1.165, 1.54) is 0 Å². The standard InChI is InChI=1S/3C4H13N3.12C2H4O2.4Fe/c3*5-1-3-7-4-2-6;12*1-2(3)4;;;;/h3*7H,1-6H2;12*1H3,(H,3,4);;;;/q;;;;;;;;;;;;;;;4*+3/p-12. The smallest absolute Gasteiger partial charge is 0.550 e. The quantitative estimate of drug-likeness (QED) is 0.0647. The molecular weight excluding hydrogens is 1170 g/mol. The van der Waals surface area contributed by atoms with Crippen molar-refractivity contribution in [3.05, 3.63) is 0 Å². The van der Waals surface area contributed by atoms with E-state index in [1.807, 2.05) is 0 Å². The van der Waals surface area contributed by atoms with Crippen molar-refractivity contribution in [2.75, 3.05) is 78.5 Å². The van der Waals surface area contributed by atoms with Gasteiger partial charge in [0.2, 0.25) is 0 Å². The molecule has 73 heavy (non-hydrogen) atoms. The number of rotatable bonds is 12. The number of carbonyl (C=O) groups is 12. The molecule has 0 amide bonds. The minimum absolute atomic E-state index is 0. The van der Waals surface area contributed by atoms with E-state index in [9.17, 15) is 0 Å². The number of nitrogens with one attached hydrogen (secondary N) is 3. The average molecular weight is 1240 g/mol. The van der Waals surface area contributed by atoms with Gasteiger partial charge in [0.1, 0.15) is 0 Å². The third kappa shape index (κ3) is 5310. The number of carboxylic acid groups (broad SMARTS) is 12. The van der Waals surface area contributed by atoms with Crippen molar-refractivity contribution >= 4 is 71.6 Å². The van der Waals surface area contributed by atoms with E-state index in [-0.39, 0.29) is 68.3 Å². The van der Waals surface area contributed by atoms with Gasteiger partial charge in [-0.05, 0) is 83.1 Å². The molecule has 0 aromatic rings. The average Bonchev–Trinajstić information content (AvgIpc) is 3.07. The van der Waals surface area contributed by atoms with E-state index in [0.29, 0.717) is 39.3 Å². The summed E-state index contributed by atoms with van der Waals surface area (Å²) in [6, 6.07) is 0. The van der Waals surface area contributed by atoms with Gasteiger partial charge in [0.15, 0.2) is 0 Å². The molecule has 0 saturated carbocycles. The number of aliphatic carboxylic acids is 12. The largest absolute Gasteiger partial charge is 3.00 e. The number of nitrogens with two attached hydrogens (primary N) is 6. The van der Waals surface area contributed by atoms with Crippen molar-refractivity contribution in [1.82, 2.24) is 16.0 Å². The van der Waals surface area contributed by atoms with E-state index in [2.05, 4.69) is 16.0 Å². The first-order valence-corrected chi connectivity index (χ1v) is 18.5. The minimum atomic E-state index is -1.08. The summed E-state index contributed by atoms with van der Waals surface area (Å²) in [7, 11) is 0. The Bertz CT molecular complexity index is 850. The number of hydrogen-bond donors (Lipinski definition) is 9. The van der Waals surface area contributed by atoms with E-state index in [4.69, 9.17) is 153 Å². The van der Waals surface area contributed by atoms with Crippen LogP contribution in [-0.2, 0) is 126 Å². The fraction of sp³-hybridized carbons (Fsp3) is 0.667. The van der Waals surface area contributed by atoms with Gasteiger partial charge in [0.25, 0.3) is 0 Å². The number of hydrogen-bond acceptors (Lipinski definition) is 33. The van der Waals surface area contributed by atoms with Crippen LogP contribution in [0.25, 0.3) is 0 Å². The zero-order valence-electron chi connectivity index (χ0n) is 42.7. The second-order valence-electron chi connectivity index (χ2n) is 9.88. The molecule has 0 aliphatic rings. The maximum atomic E-state index is 8.89. The molecule has 0 aromatic heterocycles. The van der Waals surface area contributed by atoms with E-state index >= 15 is 0 Å². The van der Waals surface area contributed by atoms with Crippen LogP contribution in [0.4, 0.5) is 0 Å². The molecule has 15 N–H and O–H groups in total. The molecule has 0 rings (SSSR count). The van der Waals surface area contributed by atoms with Crippen LogP contribution in [-0.4, -0.2) is 150 Å². The van der Waals surface area contributed by atoms with Crippen LogP contribution in [0.1, 0.15) is 83.1 Å². The van der Waals surface area contributed by atoms with Crippen molar-refractivity contribution in [2.24, 2.45) is 34.4 Å². The molecule has 0 aliphatic heterocycles. The molecule has 0 heterocycles. The topological polar surface area (TPSA) is 674 Å². The number of carbonyl (C=O) groups excluding carboxylic acids is 12. The first kappa shape index (κ1) is 127. The fourth-order valence-electron chi connectivity index (χ4n) is 0.987. The predicted octanol–water partition coefficient (Wildman–Crippen LogP) is -19.5. The first-order chi connectivity index (χ1) is 31.0. The molecule has 440 valence electrons. The molecule has 0 saturated heterocycles. The summed E-state index contributed by atoms with van der Waals surface area (Å²) >= 11 is 0. The molecule has 33 nitrogen and oxygen atoms in total. The molecule has 0 fully saturated rings. The maximum absolute atomic E-state index is 8.89. The van der Waals surface area contributed by atoms with Gasteiger partial charge in [-0.25, -0.2) is 0 Å². The van der Waals surface area contributed by atoms with Gasteiger partial charge in [-0.1, -0.05) is 0 Å². The van der Waals surface area contributed by atoms with Crippen LogP contribution < -0.4 is 112 Å². The fourth-order valence-corrected chi connectivity index (χ4v) is 0.987. The number of carboxylic acids is 12. The van der Waals surface area contributed by atoms with Crippen molar-refractivity contribution in [3.8, 4) is 0 Å². The van der Waals surface area contributed by atoms with Gasteiger partial charge in [-0.2, -0.15) is 0 Å². The molecule has 37 heteroatoms. The first-order valence-electron chi connectivity index (χ1n) is 18.5. The Balaban J connectivity index is -0.0000000252. The second kappa shape index (κ2) is 138. The van der Waals surface area contributed by atoms with Gasteiger partial charge >= 0.3 is 68.3 Å². The third-order valence-corrected chi connectivity index (χ3v) is 1.93. The van der Waals surface area contributed by atoms with Crippen LogP contribution in [0.3, 0.4) is 0 Å². The molecule has 0 spiro atoms. The molecule has 0 bridgehead atoms. The monoisotopic (exact) mass is 1240 g/mol. The zero-order valence-corrected chi connectivity index (χ0v) is 47.1. The van der Waals surface area contributed by atoms with Gasteiger partial charge in [0, 0.05) is 150 Å². The maximum Gasteiger partial charge on any atom is 3.00 e. The van der Waals surface area contributed by atoms with E-state index < -0.39 is 71.6 Å². The summed E-state index contributed by atoms with van der Waals surface area (Å²) in [5, 5.41) is 116. The third-order valence-electron chi connectivity index (χ3n) is 1.93. The van der Waals surface area contributed by atoms with Crippen LogP contribution in [0, 0.1) is 0 Å². The van der Waals surface area contributed by atoms with Crippen LogP contribution in [0.15, 0.2) is 0 Å². The summed E-state index contributed by atoms with van der Waals surface area (Å²) in [5.41, 5.74) is 31.0. The van der Waals surface area contributed by atoms with E-state index in [1.54, 1.807) is 0 Å². The summed E-state index contributed by atoms with van der Waals surface area (Å²) in [6.07, 6.45) is 0. The molecule has 4 radical (unpaired) electrons. The molecule has 0 atom stereocenters. The normalized spacial score (nSPS) is 6.82. The van der Waals surface area contributed by atoms with Gasteiger partial charge in [-0.3, -0.25) is 0 Å². The predicted molar refractivity (Wildman–Crippen MR) is 221 cm³/mol. The Kier molecular flexibility index (Phi) is 241. The Morgan fingerprint density at radius 2 is 0.260 bits per heavy atom.